The van der Waals surface area contributed by atoms with Crippen LogP contribution in [0.1, 0.15) is 77.6 Å². The number of hydrogen-bond acceptors (Lipinski definition) is 4. The molecule has 0 spiro atoms. The molecule has 8 N–H and O–H groups in total. The standard InChI is InChI=1S/C18H28O4.2H3N/c1-2-3-4-5-6-7-8-9-10-11-12-14-17(21)15(19)13-16(20)18(14)22;;/h13,19,22H,2-12H2,1H3;2*1H3. The molecule has 24 heavy (non-hydrogen) atoms. The average Bonchev–Trinajstić information content (AvgIpc) is 2.50. The van der Waals surface area contributed by atoms with Crippen LogP contribution < -0.4 is 22.5 Å². The lowest BCUT2D eigenvalue weighted by Crippen LogP contribution is -2.30. The second-order valence-corrected chi connectivity index (χ2v) is 5.94. The third-order valence-electron chi connectivity index (χ3n) is 4.04. The molecule has 0 atom stereocenters. The van der Waals surface area contributed by atoms with Crippen LogP contribution in [0.15, 0.2) is 23.2 Å². The van der Waals surface area contributed by atoms with Gasteiger partial charge in [-0.25, -0.2) is 0 Å². The Balaban J connectivity index is 0. The molecule has 0 bridgehead atoms. The fourth-order valence-electron chi connectivity index (χ4n) is 2.67. The summed E-state index contributed by atoms with van der Waals surface area (Å²) in [4.78, 5) is 22.8. The first-order valence-electron chi connectivity index (χ1n) is 8.45. The first-order chi connectivity index (χ1) is 10.6. The predicted molar refractivity (Wildman–Crippen MR) is 93.6 cm³/mol. The molecule has 1 aliphatic rings. The molecule has 0 saturated carbocycles. The van der Waals surface area contributed by atoms with Crippen LogP contribution in [0.25, 0.3) is 0 Å². The maximum atomic E-state index is 11.6. The van der Waals surface area contributed by atoms with E-state index >= 15 is 0 Å². The predicted octanol–water partition coefficient (Wildman–Crippen LogP) is 3.06. The van der Waals surface area contributed by atoms with E-state index in [2.05, 4.69) is 6.92 Å². The van der Waals surface area contributed by atoms with Crippen molar-refractivity contribution < 1.29 is 19.8 Å². The minimum atomic E-state index is -0.855. The van der Waals surface area contributed by atoms with E-state index in [1.54, 1.807) is 0 Å². The lowest BCUT2D eigenvalue weighted by atomic mass is 9.94. The zero-order valence-electron chi connectivity index (χ0n) is 15.5. The molecule has 0 unspecified atom stereocenters. The van der Waals surface area contributed by atoms with Crippen LogP contribution in [-0.4, -0.2) is 11.6 Å². The lowest BCUT2D eigenvalue weighted by molar-refractivity contribution is -0.307. The molecule has 0 amide bonds. The van der Waals surface area contributed by atoms with Crippen molar-refractivity contribution in [2.45, 2.75) is 77.6 Å². The van der Waals surface area contributed by atoms with Crippen LogP contribution in [0.5, 0.6) is 0 Å². The summed E-state index contributed by atoms with van der Waals surface area (Å²) in [6.45, 7) is 2.21. The van der Waals surface area contributed by atoms with Crippen LogP contribution in [-0.2, 0) is 9.59 Å². The summed E-state index contributed by atoms with van der Waals surface area (Å²) in [6.07, 6.45) is 12.4. The Morgan fingerprint density at radius 1 is 0.792 bits per heavy atom. The van der Waals surface area contributed by atoms with Crippen molar-refractivity contribution in [2.75, 3.05) is 0 Å². The molecule has 0 heterocycles. The van der Waals surface area contributed by atoms with Gasteiger partial charge in [-0.05, 0) is 24.5 Å². The highest BCUT2D eigenvalue weighted by Crippen LogP contribution is 2.20. The van der Waals surface area contributed by atoms with Gasteiger partial charge in [0.1, 0.15) is 0 Å². The minimum Gasteiger partial charge on any atom is -0.870 e. The largest absolute Gasteiger partial charge is 0.870 e. The second-order valence-electron chi connectivity index (χ2n) is 5.94. The highest BCUT2D eigenvalue weighted by Gasteiger charge is 2.17. The van der Waals surface area contributed by atoms with Crippen molar-refractivity contribution in [1.29, 1.82) is 0 Å². The lowest BCUT2D eigenvalue weighted by Gasteiger charge is -2.24. The van der Waals surface area contributed by atoms with E-state index in [0.717, 1.165) is 19.3 Å². The highest BCUT2D eigenvalue weighted by atomic mass is 16.3. The summed E-state index contributed by atoms with van der Waals surface area (Å²) >= 11 is 0. The first kappa shape index (κ1) is 24.6. The molecule has 0 saturated heterocycles. The molecule has 0 aromatic heterocycles. The number of hydrogen-bond donors (Lipinski definition) is 2. The summed E-state index contributed by atoms with van der Waals surface area (Å²) in [6, 6.07) is 0. The molecule has 0 aliphatic heterocycles. The van der Waals surface area contributed by atoms with Gasteiger partial charge in [-0.1, -0.05) is 76.2 Å². The topological polar surface area (TPSA) is 153 Å². The van der Waals surface area contributed by atoms with Gasteiger partial charge in [0, 0.05) is 0 Å². The Morgan fingerprint density at radius 3 is 1.75 bits per heavy atom. The van der Waals surface area contributed by atoms with E-state index < -0.39 is 23.1 Å². The monoisotopic (exact) mass is 342 g/mol. The highest BCUT2D eigenvalue weighted by molar-refractivity contribution is 6.20. The van der Waals surface area contributed by atoms with Gasteiger partial charge in [0.2, 0.25) is 0 Å². The minimum absolute atomic E-state index is 0. The molecule has 0 radical (unpaired) electrons. The Hall–Kier alpha value is -1.66. The molecule has 0 fully saturated rings. The van der Waals surface area contributed by atoms with Crippen molar-refractivity contribution in [2.24, 2.45) is 0 Å². The van der Waals surface area contributed by atoms with Gasteiger partial charge in [-0.3, -0.25) is 9.59 Å². The fourth-order valence-corrected chi connectivity index (χ4v) is 2.67. The Labute approximate surface area is 145 Å². The number of carbonyl (C=O) groups excluding carboxylic acids is 2. The van der Waals surface area contributed by atoms with E-state index in [4.69, 9.17) is 0 Å². The number of quaternary nitrogens is 2. The Kier molecular flexibility index (Phi) is 14.1. The third-order valence-corrected chi connectivity index (χ3v) is 4.04. The van der Waals surface area contributed by atoms with Gasteiger partial charge in [0.15, 0.2) is 11.6 Å². The molecular weight excluding hydrogens is 308 g/mol. The number of rotatable bonds is 11. The Morgan fingerprint density at radius 2 is 1.25 bits per heavy atom. The summed E-state index contributed by atoms with van der Waals surface area (Å²) in [5.41, 5.74) is -0.114. The summed E-state index contributed by atoms with van der Waals surface area (Å²) < 4.78 is 0. The fraction of sp³-hybridized carbons (Fsp3) is 0.667. The smallest absolute Gasteiger partial charge is 0.173 e. The molecule has 6 heteroatoms. The average molecular weight is 342 g/mol. The van der Waals surface area contributed by atoms with Gasteiger partial charge in [-0.2, -0.15) is 0 Å². The van der Waals surface area contributed by atoms with Crippen LogP contribution in [0.2, 0.25) is 0 Å². The zero-order chi connectivity index (χ0) is 16.4. The summed E-state index contributed by atoms with van der Waals surface area (Å²) in [5, 5.41) is 22.8. The molecule has 1 rings (SSSR count). The van der Waals surface area contributed by atoms with Crippen LogP contribution in [0.3, 0.4) is 0 Å². The first-order valence-corrected chi connectivity index (χ1v) is 8.45. The number of allylic oxidation sites excluding steroid dienone is 2. The molecule has 0 aromatic rings. The molecular formula is C18H34N2O4. The number of Topliss-reactive ketones (excluding diaryl/α,β-unsaturated/α-hetero) is 1. The van der Waals surface area contributed by atoms with Gasteiger partial charge < -0.3 is 22.5 Å². The van der Waals surface area contributed by atoms with Crippen LogP contribution in [0, 0.1) is 0 Å². The molecule has 0 aromatic carbocycles. The van der Waals surface area contributed by atoms with Gasteiger partial charge in [-0.15, -0.1) is 0 Å². The van der Waals surface area contributed by atoms with Gasteiger partial charge in [0.05, 0.1) is 0 Å². The Bertz CT molecular complexity index is 456. The van der Waals surface area contributed by atoms with Crippen LogP contribution >= 0.6 is 0 Å². The maximum absolute atomic E-state index is 11.6. The SMILES string of the molecule is CCCCCCCCCCCCC1=C([O-])C(=O)C=C([O-])C1=O.[NH4+].[NH4+]. The molecule has 6 nitrogen and oxygen atoms in total. The van der Waals surface area contributed by atoms with E-state index in [0.29, 0.717) is 12.5 Å². The van der Waals surface area contributed by atoms with E-state index in [-0.39, 0.29) is 24.3 Å². The third kappa shape index (κ3) is 8.26. The van der Waals surface area contributed by atoms with E-state index in [1.165, 1.54) is 38.5 Å². The maximum Gasteiger partial charge on any atom is 0.173 e. The summed E-state index contributed by atoms with van der Waals surface area (Å²) in [7, 11) is 0. The van der Waals surface area contributed by atoms with Crippen LogP contribution in [0.4, 0.5) is 0 Å². The van der Waals surface area contributed by atoms with E-state index in [1.807, 2.05) is 0 Å². The second kappa shape index (κ2) is 13.7. The van der Waals surface area contributed by atoms with Crippen molar-refractivity contribution >= 4 is 11.6 Å². The van der Waals surface area contributed by atoms with Crippen molar-refractivity contribution in [3.05, 3.63) is 23.2 Å². The normalized spacial score (nSPS) is 14.1. The number of unbranched alkanes of at least 4 members (excludes halogenated alkanes) is 9. The number of ketones is 2. The van der Waals surface area contributed by atoms with E-state index in [9.17, 15) is 19.8 Å². The van der Waals surface area contributed by atoms with Crippen molar-refractivity contribution in [1.82, 2.24) is 12.3 Å². The molecule has 1 aliphatic carbocycles. The summed E-state index contributed by atoms with van der Waals surface area (Å²) in [5.74, 6) is -3.29. The van der Waals surface area contributed by atoms with Crippen molar-refractivity contribution in [3.8, 4) is 0 Å². The van der Waals surface area contributed by atoms with Gasteiger partial charge in [0.25, 0.3) is 0 Å². The quantitative estimate of drug-likeness (QED) is 0.437. The van der Waals surface area contributed by atoms with Crippen molar-refractivity contribution in [3.63, 3.8) is 0 Å². The zero-order valence-corrected chi connectivity index (χ0v) is 15.5. The molecule has 140 valence electrons. The van der Waals surface area contributed by atoms with Gasteiger partial charge >= 0.3 is 0 Å². The number of carbonyl (C=O) groups is 2.